The lowest BCUT2D eigenvalue weighted by molar-refractivity contribution is -0.306. The van der Waals surface area contributed by atoms with Crippen LogP contribution < -0.4 is 4.13 Å². The molecule has 0 aromatic heterocycles. The monoisotopic (exact) mass is 463 g/mol. The number of alkyl halides is 13. The molecule has 0 saturated heterocycles. The number of sulfonamides is 2. The average molecular weight is 463 g/mol. The third-order valence-electron chi connectivity index (χ3n) is 2.23. The van der Waals surface area contributed by atoms with Crippen LogP contribution >= 0.6 is 0 Å². The van der Waals surface area contributed by atoms with Crippen LogP contribution in [0.2, 0.25) is 0 Å². The van der Waals surface area contributed by atoms with Crippen molar-refractivity contribution in [3.8, 4) is 0 Å². The lowest BCUT2D eigenvalue weighted by Gasteiger charge is -2.30. The number of halogens is 13. The predicted molar refractivity (Wildman–Crippen MR) is 52.8 cm³/mol. The Bertz CT molecular complexity index is 697. The molecule has 0 spiro atoms. The molecule has 5 nitrogen and oxygen atoms in total. The second kappa shape index (κ2) is 6.24. The largest absolute Gasteiger partial charge is 0.448 e. The van der Waals surface area contributed by atoms with Gasteiger partial charge >= 0.3 is 29.7 Å². The molecule has 0 bridgehead atoms. The van der Waals surface area contributed by atoms with E-state index in [4.69, 9.17) is 0 Å². The lowest BCUT2D eigenvalue weighted by atomic mass is 10.3. The van der Waals surface area contributed by atoms with Crippen LogP contribution in [0.4, 0.5) is 57.1 Å². The molecule has 0 aromatic carbocycles. The van der Waals surface area contributed by atoms with E-state index >= 15 is 0 Å². The highest BCUT2D eigenvalue weighted by molar-refractivity contribution is 8.05. The van der Waals surface area contributed by atoms with Crippen LogP contribution in [0.15, 0.2) is 0 Å². The molecule has 0 heterocycles. The summed E-state index contributed by atoms with van der Waals surface area (Å²) < 4.78 is 202. The van der Waals surface area contributed by atoms with Gasteiger partial charge in [-0.05, 0) is 0 Å². The minimum Gasteiger partial charge on any atom is -0.210 e. The molecule has 0 amide bonds. The maximum Gasteiger partial charge on any atom is 0.448 e. The van der Waals surface area contributed by atoms with Gasteiger partial charge in [-0.15, -0.1) is 4.13 Å². The van der Waals surface area contributed by atoms with Crippen molar-refractivity contribution >= 4 is 20.0 Å². The summed E-state index contributed by atoms with van der Waals surface area (Å²) in [5.41, 5.74) is 0. The molecule has 0 saturated carbocycles. The van der Waals surface area contributed by atoms with E-state index < -0.39 is 59.1 Å². The normalized spacial score (nSPS) is 16.2. The summed E-state index contributed by atoms with van der Waals surface area (Å²) >= 11 is 0. The van der Waals surface area contributed by atoms with E-state index in [9.17, 15) is 73.9 Å². The molecule has 0 rings (SSSR count). The molecular weight excluding hydrogens is 461 g/mol. The van der Waals surface area contributed by atoms with Gasteiger partial charge in [-0.1, -0.05) is 0 Å². The van der Waals surface area contributed by atoms with Crippen LogP contribution in [0.25, 0.3) is 0 Å². The van der Waals surface area contributed by atoms with Crippen LogP contribution in [0, 0.1) is 0 Å². The topological polar surface area (TPSA) is 80.3 Å². The molecule has 0 aliphatic rings. The van der Waals surface area contributed by atoms with Gasteiger partial charge in [-0.3, -0.25) is 0 Å². The van der Waals surface area contributed by atoms with E-state index in [1.54, 1.807) is 0 Å². The maximum atomic E-state index is 13.2. The van der Waals surface area contributed by atoms with Gasteiger partial charge in [-0.25, -0.2) is 21.2 Å². The average Bonchev–Trinajstić information content (AvgIpc) is 2.16. The van der Waals surface area contributed by atoms with Crippen LogP contribution in [0.3, 0.4) is 0 Å². The maximum absolute atomic E-state index is 13.2. The fourth-order valence-corrected chi connectivity index (χ4v) is 4.64. The Kier molecular flexibility index (Phi) is 5.99. The zero-order chi connectivity index (χ0) is 21.8. The number of rotatable bonds is 4. The second-order valence-electron chi connectivity index (χ2n) is 4.19. The smallest absolute Gasteiger partial charge is 0.210 e. The summed E-state index contributed by atoms with van der Waals surface area (Å²) in [7, 11) is -15.7. The molecule has 0 aromatic rings. The van der Waals surface area contributed by atoms with Crippen molar-refractivity contribution in [1.82, 2.24) is 4.13 Å². The van der Waals surface area contributed by atoms with Gasteiger partial charge in [0.1, 0.15) is 0 Å². The summed E-state index contributed by atoms with van der Waals surface area (Å²) in [6.45, 7) is 0. The molecule has 0 fully saturated rings. The summed E-state index contributed by atoms with van der Waals surface area (Å²) in [5.74, 6) is 0. The molecule has 0 unspecified atom stereocenters. The van der Waals surface area contributed by atoms with Crippen molar-refractivity contribution in [1.29, 1.82) is 0 Å². The van der Waals surface area contributed by atoms with Crippen molar-refractivity contribution in [2.24, 2.45) is 0 Å². The fourth-order valence-electron chi connectivity index (χ4n) is 1.26. The van der Waals surface area contributed by atoms with E-state index in [1.165, 1.54) is 0 Å². The van der Waals surface area contributed by atoms with E-state index in [0.717, 1.165) is 0 Å². The molecular formula is C6H2F13NO4S2. The van der Waals surface area contributed by atoms with E-state index in [2.05, 4.69) is 0 Å². The number of hydrogen-bond acceptors (Lipinski definition) is 4. The molecule has 0 radical (unpaired) electrons. The molecule has 0 aliphatic heterocycles. The van der Waals surface area contributed by atoms with Gasteiger partial charge in [0.2, 0.25) is 10.0 Å². The first-order chi connectivity index (χ1) is 10.8. The summed E-state index contributed by atoms with van der Waals surface area (Å²) in [4.78, 5) is 0. The Morgan fingerprint density at radius 1 is 0.577 bits per heavy atom. The van der Waals surface area contributed by atoms with Gasteiger partial charge in [0.25, 0.3) is 15.3 Å². The number of hydrogen-bond donors (Lipinski definition) is 1. The molecule has 1 N–H and O–H groups in total. The predicted octanol–water partition coefficient (Wildman–Crippen LogP) is 2.52. The second-order valence-corrected chi connectivity index (χ2v) is 7.98. The third-order valence-corrected chi connectivity index (χ3v) is 6.40. The van der Waals surface area contributed by atoms with E-state index in [-0.39, 0.29) is 0 Å². The number of nitrogens with one attached hydrogen (secondary N) is 1. The van der Waals surface area contributed by atoms with E-state index in [1.807, 2.05) is 0 Å². The molecule has 26 heavy (non-hydrogen) atoms. The van der Waals surface area contributed by atoms with E-state index in [0.29, 0.717) is 0 Å². The molecule has 158 valence electrons. The van der Waals surface area contributed by atoms with Crippen molar-refractivity contribution in [2.45, 2.75) is 35.0 Å². The molecule has 20 heteroatoms. The van der Waals surface area contributed by atoms with Crippen molar-refractivity contribution in [2.75, 3.05) is 0 Å². The van der Waals surface area contributed by atoms with Gasteiger partial charge in [0.15, 0.2) is 0 Å². The first-order valence-corrected chi connectivity index (χ1v) is 8.08. The van der Waals surface area contributed by atoms with Crippen LogP contribution in [-0.4, -0.2) is 51.8 Å². The third kappa shape index (κ3) is 4.43. The standard InChI is InChI=1S/C6H2F13NO4S2/c7-2(8,9)1(3(10,11)12)25(21,22)20-26(23,24)4(13,5(14,15)16)6(17,18)19/h1,20H. The lowest BCUT2D eigenvalue weighted by Crippen LogP contribution is -2.64. The first kappa shape index (κ1) is 24.9. The van der Waals surface area contributed by atoms with Gasteiger partial charge < -0.3 is 0 Å². The van der Waals surface area contributed by atoms with Crippen LogP contribution in [-0.2, 0) is 20.0 Å². The zero-order valence-corrected chi connectivity index (χ0v) is 12.6. The minimum absolute atomic E-state index is 1.11. The van der Waals surface area contributed by atoms with Crippen molar-refractivity contribution in [3.05, 3.63) is 0 Å². The zero-order valence-electron chi connectivity index (χ0n) is 10.9. The molecule has 0 atom stereocenters. The van der Waals surface area contributed by atoms with Gasteiger partial charge in [-0.2, -0.15) is 52.7 Å². The molecule has 0 aliphatic carbocycles. The quantitative estimate of drug-likeness (QED) is 0.651. The van der Waals surface area contributed by atoms with Gasteiger partial charge in [0.05, 0.1) is 0 Å². The van der Waals surface area contributed by atoms with Crippen LogP contribution in [0.5, 0.6) is 0 Å². The highest BCUT2D eigenvalue weighted by Crippen LogP contribution is 2.50. The van der Waals surface area contributed by atoms with Crippen molar-refractivity contribution < 1.29 is 73.9 Å². The first-order valence-electron chi connectivity index (χ1n) is 5.05. The Labute approximate surface area is 134 Å². The summed E-state index contributed by atoms with van der Waals surface area (Å²) in [6, 6.07) is 0. The minimum atomic E-state index is -8.12. The van der Waals surface area contributed by atoms with Crippen molar-refractivity contribution in [3.63, 3.8) is 0 Å². The summed E-state index contributed by atoms with van der Waals surface area (Å²) in [5, 5.41) is -13.3. The van der Waals surface area contributed by atoms with Gasteiger partial charge in [0, 0.05) is 0 Å². The Morgan fingerprint density at radius 2 is 0.846 bits per heavy atom. The SMILES string of the molecule is O=S(=O)(NS(=O)(=O)C(F)(C(F)(F)F)C(F)(F)F)C(C(F)(F)F)C(F)(F)F. The van der Waals surface area contributed by atoms with Crippen LogP contribution in [0.1, 0.15) is 0 Å². The summed E-state index contributed by atoms with van der Waals surface area (Å²) in [6.07, 6.45) is -28.9. The highest BCUT2D eigenvalue weighted by atomic mass is 32.3. The highest BCUT2D eigenvalue weighted by Gasteiger charge is 2.82. The Balaban J connectivity index is 6.55. The Morgan fingerprint density at radius 3 is 1.04 bits per heavy atom. The Hall–Kier alpha value is -1.05. The fraction of sp³-hybridized carbons (Fsp3) is 1.00.